The van der Waals surface area contributed by atoms with Gasteiger partial charge in [0.2, 0.25) is 0 Å². The summed E-state index contributed by atoms with van der Waals surface area (Å²) in [5.41, 5.74) is -0.0191. The Balaban J connectivity index is 2.89. The maximum Gasteiger partial charge on any atom is 0.0866 e. The summed E-state index contributed by atoms with van der Waals surface area (Å²) in [5, 5.41) is 1.13. The normalized spacial score (nSPS) is 24.3. The van der Waals surface area contributed by atoms with Crippen molar-refractivity contribution in [3.63, 3.8) is 0 Å². The molecule has 0 N–H and O–H groups in total. The molecule has 0 fully saturated rings. The van der Waals surface area contributed by atoms with Gasteiger partial charge >= 0.3 is 0 Å². The van der Waals surface area contributed by atoms with Crippen LogP contribution in [0.3, 0.4) is 0 Å². The molecule has 0 spiro atoms. The fourth-order valence-corrected chi connectivity index (χ4v) is 1.71. The van der Waals surface area contributed by atoms with E-state index < -0.39 is 0 Å². The highest BCUT2D eigenvalue weighted by Gasteiger charge is 2.27. The van der Waals surface area contributed by atoms with Gasteiger partial charge in [-0.15, -0.1) is 0 Å². The van der Waals surface area contributed by atoms with E-state index in [9.17, 15) is 0 Å². The molecule has 1 aliphatic rings. The molecule has 1 nitrogen and oxygen atoms in total. The van der Waals surface area contributed by atoms with Gasteiger partial charge in [-0.25, -0.2) is 0 Å². The van der Waals surface area contributed by atoms with Crippen LogP contribution in [0.25, 0.3) is 0 Å². The first-order chi connectivity index (χ1) is 4.02. The lowest BCUT2D eigenvalue weighted by molar-refractivity contribution is 0.657. The van der Waals surface area contributed by atoms with Crippen LogP contribution in [0.1, 0.15) is 20.8 Å². The van der Waals surface area contributed by atoms with Gasteiger partial charge in [0.15, 0.2) is 0 Å². The van der Waals surface area contributed by atoms with E-state index in [0.29, 0.717) is 0 Å². The Labute approximate surface area is 60.3 Å². The van der Waals surface area contributed by atoms with Crippen LogP contribution in [0.2, 0.25) is 0 Å². The Bertz CT molecular complexity index is 179. The van der Waals surface area contributed by atoms with Gasteiger partial charge in [-0.1, -0.05) is 18.3 Å². The summed E-state index contributed by atoms with van der Waals surface area (Å²) < 4.78 is 0. The molecule has 50 valence electrons. The Morgan fingerprint density at radius 1 is 1.56 bits per heavy atom. The van der Waals surface area contributed by atoms with Gasteiger partial charge in [0.25, 0.3) is 0 Å². The van der Waals surface area contributed by atoms with Crippen molar-refractivity contribution in [1.29, 1.82) is 0 Å². The van der Waals surface area contributed by atoms with Crippen molar-refractivity contribution in [2.75, 3.05) is 0 Å². The number of aliphatic imine (C=N–C) groups is 1. The Morgan fingerprint density at radius 3 is 2.22 bits per heavy atom. The molecular formula is C7H11NS. The Morgan fingerprint density at radius 2 is 2.11 bits per heavy atom. The Hall–Kier alpha value is -0.240. The lowest BCUT2D eigenvalue weighted by atomic mass is 10.1. The van der Waals surface area contributed by atoms with Crippen LogP contribution in [-0.4, -0.2) is 10.6 Å². The largest absolute Gasteiger partial charge is 0.272 e. The maximum absolute atomic E-state index is 4.38. The van der Waals surface area contributed by atoms with Crippen molar-refractivity contribution in [1.82, 2.24) is 0 Å². The van der Waals surface area contributed by atoms with Gasteiger partial charge < -0.3 is 0 Å². The average Bonchev–Trinajstić information content (AvgIpc) is 1.79. The fourth-order valence-electron chi connectivity index (χ4n) is 0.782. The molecule has 1 heterocycles. The van der Waals surface area contributed by atoms with E-state index in [-0.39, 0.29) is 5.54 Å². The van der Waals surface area contributed by atoms with Crippen LogP contribution < -0.4 is 0 Å². The quantitative estimate of drug-likeness (QED) is 0.504. The standard InChI is InChI=1S/C7H11NS/c1-5-7(3,4)8-6(2)9-5/h1H2,2-4H3. The zero-order chi connectivity index (χ0) is 7.07. The summed E-state index contributed by atoms with van der Waals surface area (Å²) in [6.45, 7) is 10.1. The van der Waals surface area contributed by atoms with E-state index in [4.69, 9.17) is 0 Å². The zero-order valence-electron chi connectivity index (χ0n) is 6.06. The van der Waals surface area contributed by atoms with Crippen molar-refractivity contribution in [2.45, 2.75) is 26.3 Å². The first-order valence-electron chi connectivity index (χ1n) is 2.96. The highest BCUT2D eigenvalue weighted by molar-refractivity contribution is 8.17. The molecular weight excluding hydrogens is 130 g/mol. The summed E-state index contributed by atoms with van der Waals surface area (Å²) >= 11 is 1.68. The zero-order valence-corrected chi connectivity index (χ0v) is 6.88. The Kier molecular flexibility index (Phi) is 1.43. The molecule has 9 heavy (non-hydrogen) atoms. The molecule has 1 aliphatic heterocycles. The van der Waals surface area contributed by atoms with Crippen LogP contribution in [0.5, 0.6) is 0 Å². The second-order valence-corrected chi connectivity index (χ2v) is 4.00. The lowest BCUT2D eigenvalue weighted by Crippen LogP contribution is -2.12. The summed E-state index contributed by atoms with van der Waals surface area (Å²) in [6, 6.07) is 0. The van der Waals surface area contributed by atoms with Gasteiger partial charge in [0, 0.05) is 4.91 Å². The topological polar surface area (TPSA) is 12.4 Å². The molecule has 1 rings (SSSR count). The van der Waals surface area contributed by atoms with E-state index in [1.54, 1.807) is 11.8 Å². The first kappa shape index (κ1) is 6.87. The van der Waals surface area contributed by atoms with Gasteiger partial charge in [-0.2, -0.15) is 0 Å². The lowest BCUT2D eigenvalue weighted by Gasteiger charge is -2.12. The number of nitrogens with zero attached hydrogens (tertiary/aromatic N) is 1. The van der Waals surface area contributed by atoms with E-state index in [0.717, 1.165) is 9.95 Å². The van der Waals surface area contributed by atoms with Crippen molar-refractivity contribution >= 4 is 16.8 Å². The fraction of sp³-hybridized carbons (Fsp3) is 0.571. The minimum absolute atomic E-state index is 0.0191. The molecule has 0 aromatic rings. The van der Waals surface area contributed by atoms with Crippen LogP contribution in [0, 0.1) is 0 Å². The van der Waals surface area contributed by atoms with Crippen LogP contribution in [-0.2, 0) is 0 Å². The van der Waals surface area contributed by atoms with Gasteiger partial charge in [-0.05, 0) is 20.8 Å². The molecule has 2 heteroatoms. The molecule has 0 amide bonds. The maximum atomic E-state index is 4.38. The number of hydrogen-bond acceptors (Lipinski definition) is 2. The monoisotopic (exact) mass is 141 g/mol. The predicted molar refractivity (Wildman–Crippen MR) is 43.9 cm³/mol. The molecule has 0 aromatic carbocycles. The summed E-state index contributed by atoms with van der Waals surface area (Å²) in [5.74, 6) is 0. The number of hydrogen-bond donors (Lipinski definition) is 0. The minimum atomic E-state index is -0.0191. The van der Waals surface area contributed by atoms with E-state index in [1.807, 2.05) is 6.92 Å². The molecule has 0 aromatic heterocycles. The first-order valence-corrected chi connectivity index (χ1v) is 3.78. The number of rotatable bonds is 0. The van der Waals surface area contributed by atoms with Crippen molar-refractivity contribution < 1.29 is 0 Å². The van der Waals surface area contributed by atoms with E-state index in [2.05, 4.69) is 25.4 Å². The van der Waals surface area contributed by atoms with Crippen molar-refractivity contribution in [2.24, 2.45) is 4.99 Å². The van der Waals surface area contributed by atoms with Crippen LogP contribution in [0.15, 0.2) is 16.5 Å². The minimum Gasteiger partial charge on any atom is -0.272 e. The molecule has 0 radical (unpaired) electrons. The molecule has 0 atom stereocenters. The second kappa shape index (κ2) is 1.87. The van der Waals surface area contributed by atoms with E-state index >= 15 is 0 Å². The average molecular weight is 141 g/mol. The molecule has 0 unspecified atom stereocenters. The molecule has 0 saturated heterocycles. The third-order valence-corrected chi connectivity index (χ3v) is 2.52. The van der Waals surface area contributed by atoms with Gasteiger partial charge in [0.05, 0.1) is 10.6 Å². The van der Waals surface area contributed by atoms with Crippen molar-refractivity contribution in [3.05, 3.63) is 11.5 Å². The van der Waals surface area contributed by atoms with Gasteiger partial charge in [-0.3, -0.25) is 4.99 Å². The van der Waals surface area contributed by atoms with Crippen LogP contribution >= 0.6 is 11.8 Å². The van der Waals surface area contributed by atoms with Gasteiger partial charge in [0.1, 0.15) is 0 Å². The molecule has 0 saturated carbocycles. The van der Waals surface area contributed by atoms with Crippen molar-refractivity contribution in [3.8, 4) is 0 Å². The summed E-state index contributed by atoms with van der Waals surface area (Å²) in [6.07, 6.45) is 0. The highest BCUT2D eigenvalue weighted by atomic mass is 32.2. The highest BCUT2D eigenvalue weighted by Crippen LogP contribution is 2.37. The number of thioether (sulfide) groups is 1. The van der Waals surface area contributed by atoms with E-state index in [1.165, 1.54) is 0 Å². The third-order valence-electron chi connectivity index (χ3n) is 1.39. The predicted octanol–water partition coefficient (Wildman–Crippen LogP) is 2.44. The third kappa shape index (κ3) is 1.18. The second-order valence-electron chi connectivity index (χ2n) is 2.72. The molecule has 0 bridgehead atoms. The SMILES string of the molecule is C=C1SC(C)=NC1(C)C. The van der Waals surface area contributed by atoms with Crippen LogP contribution in [0.4, 0.5) is 0 Å². The summed E-state index contributed by atoms with van der Waals surface area (Å²) in [4.78, 5) is 5.53. The molecule has 0 aliphatic carbocycles. The smallest absolute Gasteiger partial charge is 0.0866 e. The summed E-state index contributed by atoms with van der Waals surface area (Å²) in [7, 11) is 0.